The van der Waals surface area contributed by atoms with E-state index in [1.165, 1.54) is 6.07 Å². The predicted molar refractivity (Wildman–Crippen MR) is 54.4 cm³/mol. The molecule has 0 unspecified atom stereocenters. The van der Waals surface area contributed by atoms with Crippen LogP contribution < -0.4 is 10.5 Å². The van der Waals surface area contributed by atoms with Gasteiger partial charge in [0.2, 0.25) is 0 Å². The van der Waals surface area contributed by atoms with Crippen LogP contribution in [0.15, 0.2) is 18.2 Å². The third-order valence-corrected chi connectivity index (χ3v) is 1.56. The highest BCUT2D eigenvalue weighted by atomic mass is 35.5. The molecule has 1 rings (SSSR count). The highest BCUT2D eigenvalue weighted by molar-refractivity contribution is 5.85. The van der Waals surface area contributed by atoms with Crippen molar-refractivity contribution in [2.75, 3.05) is 12.3 Å². The molecule has 1 aromatic carbocycles. The molecule has 2 N–H and O–H groups in total. The van der Waals surface area contributed by atoms with Crippen LogP contribution in [0.25, 0.3) is 0 Å². The third-order valence-electron chi connectivity index (χ3n) is 1.56. The van der Waals surface area contributed by atoms with Crippen LogP contribution in [0.5, 0.6) is 5.75 Å². The van der Waals surface area contributed by atoms with Gasteiger partial charge in [-0.2, -0.15) is 13.2 Å². The third kappa shape index (κ3) is 4.78. The van der Waals surface area contributed by atoms with Crippen LogP contribution in [0.1, 0.15) is 5.56 Å². The number of nitrogen functional groups attached to an aromatic ring is 1. The van der Waals surface area contributed by atoms with Crippen molar-refractivity contribution >= 4 is 18.1 Å². The predicted octanol–water partition coefficient (Wildman–Crippen LogP) is 2.94. The van der Waals surface area contributed by atoms with Gasteiger partial charge in [0.25, 0.3) is 0 Å². The van der Waals surface area contributed by atoms with Gasteiger partial charge in [0.15, 0.2) is 6.61 Å². The Balaban J connectivity index is 0.00000196. The Morgan fingerprint density at radius 2 is 1.93 bits per heavy atom. The van der Waals surface area contributed by atoms with Gasteiger partial charge in [-0.15, -0.1) is 12.4 Å². The number of rotatable bonds is 2. The Bertz CT molecular complexity index is 328. The Morgan fingerprint density at radius 3 is 2.40 bits per heavy atom. The molecule has 0 atom stereocenters. The fourth-order valence-corrected chi connectivity index (χ4v) is 0.959. The number of alkyl halides is 3. The average Bonchev–Trinajstić information content (AvgIpc) is 2.00. The summed E-state index contributed by atoms with van der Waals surface area (Å²) in [5.74, 6) is 0.0629. The fourth-order valence-electron chi connectivity index (χ4n) is 0.959. The second kappa shape index (κ2) is 5.11. The Morgan fingerprint density at radius 1 is 1.33 bits per heavy atom. The van der Waals surface area contributed by atoms with Crippen molar-refractivity contribution in [1.82, 2.24) is 0 Å². The van der Waals surface area contributed by atoms with Crippen LogP contribution in [0.3, 0.4) is 0 Å². The highest BCUT2D eigenvalue weighted by Crippen LogP contribution is 2.24. The van der Waals surface area contributed by atoms with Crippen molar-refractivity contribution < 1.29 is 17.9 Å². The zero-order valence-electron chi connectivity index (χ0n) is 7.97. The molecule has 6 heteroatoms. The van der Waals surface area contributed by atoms with Crippen LogP contribution in [0.2, 0.25) is 0 Å². The van der Waals surface area contributed by atoms with Gasteiger partial charge in [0, 0.05) is 0 Å². The Labute approximate surface area is 91.6 Å². The second-order valence-corrected chi connectivity index (χ2v) is 2.95. The molecule has 0 aliphatic rings. The first-order chi connectivity index (χ1) is 6.38. The number of benzene rings is 1. The molecule has 0 aliphatic carbocycles. The van der Waals surface area contributed by atoms with Crippen molar-refractivity contribution in [3.05, 3.63) is 23.8 Å². The first kappa shape index (κ1) is 13.9. The van der Waals surface area contributed by atoms with Crippen molar-refractivity contribution in [2.24, 2.45) is 0 Å². The summed E-state index contributed by atoms with van der Waals surface area (Å²) in [4.78, 5) is 0. The van der Waals surface area contributed by atoms with Crippen molar-refractivity contribution in [3.63, 3.8) is 0 Å². The lowest BCUT2D eigenvalue weighted by Crippen LogP contribution is -2.19. The van der Waals surface area contributed by atoms with Crippen LogP contribution in [-0.2, 0) is 0 Å². The first-order valence-corrected chi connectivity index (χ1v) is 3.94. The lowest BCUT2D eigenvalue weighted by molar-refractivity contribution is -0.153. The van der Waals surface area contributed by atoms with Gasteiger partial charge in [-0.1, -0.05) is 6.07 Å². The van der Waals surface area contributed by atoms with E-state index in [0.29, 0.717) is 0 Å². The van der Waals surface area contributed by atoms with Gasteiger partial charge in [-0.25, -0.2) is 0 Å². The topological polar surface area (TPSA) is 35.2 Å². The lowest BCUT2D eigenvalue weighted by Gasteiger charge is -2.11. The van der Waals surface area contributed by atoms with Gasteiger partial charge in [0.1, 0.15) is 5.75 Å². The van der Waals surface area contributed by atoms with E-state index < -0.39 is 12.8 Å². The fraction of sp³-hybridized carbons (Fsp3) is 0.333. The van der Waals surface area contributed by atoms with Gasteiger partial charge in [-0.05, 0) is 24.6 Å². The number of nitrogens with two attached hydrogens (primary N) is 1. The maximum absolute atomic E-state index is 11.8. The molecule has 0 spiro atoms. The number of hydrogen-bond acceptors (Lipinski definition) is 2. The maximum atomic E-state index is 11.8. The van der Waals surface area contributed by atoms with Gasteiger partial charge >= 0.3 is 6.18 Å². The monoisotopic (exact) mass is 241 g/mol. The molecule has 0 aliphatic heterocycles. The maximum Gasteiger partial charge on any atom is 0.422 e. The molecular weight excluding hydrogens is 231 g/mol. The molecular formula is C9H11ClF3NO. The summed E-state index contributed by atoms with van der Waals surface area (Å²) >= 11 is 0. The van der Waals surface area contributed by atoms with Crippen LogP contribution in [-0.4, -0.2) is 12.8 Å². The minimum atomic E-state index is -4.34. The van der Waals surface area contributed by atoms with Crippen molar-refractivity contribution in [2.45, 2.75) is 13.1 Å². The van der Waals surface area contributed by atoms with E-state index in [9.17, 15) is 13.2 Å². The molecule has 15 heavy (non-hydrogen) atoms. The normalized spacial score (nSPS) is 10.7. The summed E-state index contributed by atoms with van der Waals surface area (Å²) in [7, 11) is 0. The van der Waals surface area contributed by atoms with E-state index >= 15 is 0 Å². The molecule has 2 nitrogen and oxygen atoms in total. The van der Waals surface area contributed by atoms with E-state index in [1.807, 2.05) is 0 Å². The molecule has 0 radical (unpaired) electrons. The van der Waals surface area contributed by atoms with E-state index in [4.69, 9.17) is 5.73 Å². The average molecular weight is 242 g/mol. The van der Waals surface area contributed by atoms with Crippen molar-refractivity contribution in [1.29, 1.82) is 0 Å². The van der Waals surface area contributed by atoms with Crippen LogP contribution in [0.4, 0.5) is 18.9 Å². The largest absolute Gasteiger partial charge is 0.482 e. The van der Waals surface area contributed by atoms with Gasteiger partial charge in [0.05, 0.1) is 5.69 Å². The SMILES string of the molecule is Cc1ccc(OCC(F)(F)F)c(N)c1.Cl. The van der Waals surface area contributed by atoms with E-state index in [1.54, 1.807) is 19.1 Å². The molecule has 0 amide bonds. The lowest BCUT2D eigenvalue weighted by atomic mass is 10.2. The molecule has 0 bridgehead atoms. The van der Waals surface area contributed by atoms with Crippen LogP contribution in [0, 0.1) is 6.92 Å². The molecule has 86 valence electrons. The number of hydrogen-bond donors (Lipinski definition) is 1. The van der Waals surface area contributed by atoms with Crippen LogP contribution >= 0.6 is 12.4 Å². The van der Waals surface area contributed by atoms with E-state index in [2.05, 4.69) is 4.74 Å². The van der Waals surface area contributed by atoms with E-state index in [0.717, 1.165) is 5.56 Å². The summed E-state index contributed by atoms with van der Waals surface area (Å²) in [6, 6.07) is 4.63. The molecule has 0 saturated carbocycles. The molecule has 1 aromatic rings. The quantitative estimate of drug-likeness (QED) is 0.808. The molecule has 0 saturated heterocycles. The summed E-state index contributed by atoms with van der Waals surface area (Å²) in [5, 5.41) is 0. The molecule has 0 heterocycles. The summed E-state index contributed by atoms with van der Waals surface area (Å²) in [5.41, 5.74) is 6.55. The molecule has 0 fully saturated rings. The minimum absolute atomic E-state index is 0. The number of halogens is 4. The summed E-state index contributed by atoms with van der Waals surface area (Å²) in [6.45, 7) is 0.476. The summed E-state index contributed by atoms with van der Waals surface area (Å²) in [6.07, 6.45) is -4.34. The molecule has 0 aromatic heterocycles. The number of aryl methyl sites for hydroxylation is 1. The Hall–Kier alpha value is -1.10. The summed E-state index contributed by atoms with van der Waals surface area (Å²) < 4.78 is 39.9. The minimum Gasteiger partial charge on any atom is -0.482 e. The van der Waals surface area contributed by atoms with E-state index in [-0.39, 0.29) is 23.8 Å². The zero-order valence-corrected chi connectivity index (χ0v) is 8.78. The Kier molecular flexibility index (Phi) is 4.74. The highest BCUT2D eigenvalue weighted by Gasteiger charge is 2.28. The van der Waals surface area contributed by atoms with Gasteiger partial charge in [-0.3, -0.25) is 0 Å². The second-order valence-electron chi connectivity index (χ2n) is 2.95. The smallest absolute Gasteiger partial charge is 0.422 e. The first-order valence-electron chi connectivity index (χ1n) is 3.94. The number of anilines is 1. The van der Waals surface area contributed by atoms with Crippen molar-refractivity contribution in [3.8, 4) is 5.75 Å². The zero-order chi connectivity index (χ0) is 10.8. The number of ether oxygens (including phenoxy) is 1. The van der Waals surface area contributed by atoms with Gasteiger partial charge < -0.3 is 10.5 Å². The standard InChI is InChI=1S/C9H10F3NO.ClH/c1-6-2-3-8(7(13)4-6)14-5-9(10,11)12;/h2-4H,5,13H2,1H3;1H.